The normalized spacial score (nSPS) is 41.0. The summed E-state index contributed by atoms with van der Waals surface area (Å²) in [6, 6.07) is 0. The van der Waals surface area contributed by atoms with Crippen molar-refractivity contribution in [2.75, 3.05) is 0 Å². The van der Waals surface area contributed by atoms with Crippen LogP contribution in [0.25, 0.3) is 0 Å². The van der Waals surface area contributed by atoms with Crippen molar-refractivity contribution in [2.24, 2.45) is 5.92 Å². The fourth-order valence-electron chi connectivity index (χ4n) is 3.63. The van der Waals surface area contributed by atoms with Gasteiger partial charge < -0.3 is 14.2 Å². The molecule has 0 aromatic heterocycles. The number of hydrogen-bond donors (Lipinski definition) is 0. The van der Waals surface area contributed by atoms with Crippen LogP contribution in [0.5, 0.6) is 0 Å². The van der Waals surface area contributed by atoms with Crippen LogP contribution in [0.1, 0.15) is 40.0 Å². The molecule has 5 heteroatoms. The standard InChI is InChI=1S/C17H22O5/c1-9-6-5-7-17(4)15(22-17)14-13(10(2)16(19)21-14)12(8-9)20-11(3)18/h6,12-15H,2,5,7-8H2,1,3-4H3/t12?,13?,14?,15?,17-/m1/s1. The number of esters is 2. The third-order valence-corrected chi connectivity index (χ3v) is 4.88. The van der Waals surface area contributed by atoms with E-state index in [-0.39, 0.29) is 23.6 Å². The topological polar surface area (TPSA) is 65.1 Å². The second kappa shape index (κ2) is 5.23. The SMILES string of the molecule is C=C1C(=O)OC2C1C(OC(C)=O)CC(C)=CCC[C@@]1(C)OC21. The minimum Gasteiger partial charge on any atom is -0.461 e. The maximum Gasteiger partial charge on any atom is 0.334 e. The quantitative estimate of drug-likeness (QED) is 0.322. The van der Waals surface area contributed by atoms with Crippen molar-refractivity contribution in [3.8, 4) is 0 Å². The van der Waals surface area contributed by atoms with Crippen molar-refractivity contribution >= 4 is 11.9 Å². The number of rotatable bonds is 1. The molecule has 2 fully saturated rings. The monoisotopic (exact) mass is 306 g/mol. The van der Waals surface area contributed by atoms with Gasteiger partial charge in [0.25, 0.3) is 0 Å². The maximum atomic E-state index is 12.0. The fraction of sp³-hybridized carbons (Fsp3) is 0.647. The van der Waals surface area contributed by atoms with Gasteiger partial charge in [-0.2, -0.15) is 0 Å². The summed E-state index contributed by atoms with van der Waals surface area (Å²) in [6.07, 6.45) is 3.52. The van der Waals surface area contributed by atoms with E-state index in [1.165, 1.54) is 6.92 Å². The van der Waals surface area contributed by atoms with Crippen LogP contribution in [-0.4, -0.2) is 35.9 Å². The van der Waals surface area contributed by atoms with Gasteiger partial charge in [-0.3, -0.25) is 4.79 Å². The zero-order valence-electron chi connectivity index (χ0n) is 13.3. The lowest BCUT2D eigenvalue weighted by Crippen LogP contribution is -2.38. The van der Waals surface area contributed by atoms with Crippen molar-refractivity contribution < 1.29 is 23.8 Å². The molecule has 0 N–H and O–H groups in total. The van der Waals surface area contributed by atoms with Crippen LogP contribution in [0, 0.1) is 5.92 Å². The summed E-state index contributed by atoms with van der Waals surface area (Å²) in [5.41, 5.74) is 1.24. The van der Waals surface area contributed by atoms with Gasteiger partial charge in [0.1, 0.15) is 18.3 Å². The Kier molecular flexibility index (Phi) is 3.63. The number of carbonyl (C=O) groups excluding carboxylic acids is 2. The Morgan fingerprint density at radius 2 is 2.23 bits per heavy atom. The molecule has 4 unspecified atom stereocenters. The van der Waals surface area contributed by atoms with Gasteiger partial charge in [-0.05, 0) is 26.7 Å². The molecule has 120 valence electrons. The Hall–Kier alpha value is -1.62. The molecule has 0 saturated carbocycles. The van der Waals surface area contributed by atoms with E-state index in [0.29, 0.717) is 12.0 Å². The maximum absolute atomic E-state index is 12.0. The summed E-state index contributed by atoms with van der Waals surface area (Å²) in [4.78, 5) is 23.5. The molecule has 0 spiro atoms. The average Bonchev–Trinajstić information content (AvgIpc) is 2.98. The fourth-order valence-corrected chi connectivity index (χ4v) is 3.63. The van der Waals surface area contributed by atoms with E-state index >= 15 is 0 Å². The summed E-state index contributed by atoms with van der Waals surface area (Å²) in [5.74, 6) is -1.12. The smallest absolute Gasteiger partial charge is 0.334 e. The van der Waals surface area contributed by atoms with Crippen LogP contribution in [0.4, 0.5) is 0 Å². The molecule has 5 atom stereocenters. The molecule has 22 heavy (non-hydrogen) atoms. The van der Waals surface area contributed by atoms with E-state index in [9.17, 15) is 9.59 Å². The first-order valence-electron chi connectivity index (χ1n) is 7.72. The summed E-state index contributed by atoms with van der Waals surface area (Å²) in [7, 11) is 0. The molecule has 2 heterocycles. The summed E-state index contributed by atoms with van der Waals surface area (Å²) in [6.45, 7) is 9.30. The largest absolute Gasteiger partial charge is 0.461 e. The first-order chi connectivity index (χ1) is 10.3. The third-order valence-electron chi connectivity index (χ3n) is 4.88. The van der Waals surface area contributed by atoms with E-state index in [1.807, 2.05) is 13.8 Å². The van der Waals surface area contributed by atoms with Gasteiger partial charge in [-0.25, -0.2) is 4.79 Å². The highest BCUT2D eigenvalue weighted by atomic mass is 16.6. The first kappa shape index (κ1) is 15.3. The Morgan fingerprint density at radius 3 is 2.91 bits per heavy atom. The second-order valence-electron chi connectivity index (χ2n) is 6.71. The van der Waals surface area contributed by atoms with Crippen LogP contribution in [0.15, 0.2) is 23.8 Å². The molecular formula is C17H22O5. The number of carbonyl (C=O) groups is 2. The minimum absolute atomic E-state index is 0.148. The van der Waals surface area contributed by atoms with Gasteiger partial charge in [0.15, 0.2) is 0 Å². The Morgan fingerprint density at radius 1 is 1.50 bits per heavy atom. The number of allylic oxidation sites excluding steroid dienone is 1. The van der Waals surface area contributed by atoms with Gasteiger partial charge in [-0.1, -0.05) is 18.2 Å². The zero-order valence-corrected chi connectivity index (χ0v) is 13.3. The van der Waals surface area contributed by atoms with E-state index in [4.69, 9.17) is 14.2 Å². The molecule has 3 aliphatic rings. The third kappa shape index (κ3) is 2.58. The molecule has 2 aliphatic heterocycles. The number of hydrogen-bond acceptors (Lipinski definition) is 5. The van der Waals surface area contributed by atoms with E-state index in [1.54, 1.807) is 0 Å². The summed E-state index contributed by atoms with van der Waals surface area (Å²) in [5, 5.41) is 0. The summed E-state index contributed by atoms with van der Waals surface area (Å²) < 4.78 is 16.8. The van der Waals surface area contributed by atoms with E-state index in [0.717, 1.165) is 18.4 Å². The van der Waals surface area contributed by atoms with Crippen LogP contribution in [0.2, 0.25) is 0 Å². The van der Waals surface area contributed by atoms with Crippen molar-refractivity contribution in [3.05, 3.63) is 23.8 Å². The highest BCUT2D eigenvalue weighted by Gasteiger charge is 2.63. The molecule has 0 bridgehead atoms. The predicted octanol–water partition coefficient (Wildman–Crippen LogP) is 2.30. The Labute approximate surface area is 130 Å². The van der Waals surface area contributed by atoms with Crippen LogP contribution in [-0.2, 0) is 23.8 Å². The lowest BCUT2D eigenvalue weighted by molar-refractivity contribution is -0.150. The van der Waals surface area contributed by atoms with Crippen molar-refractivity contribution in [3.63, 3.8) is 0 Å². The molecule has 0 aromatic carbocycles. The van der Waals surface area contributed by atoms with E-state index in [2.05, 4.69) is 12.7 Å². The van der Waals surface area contributed by atoms with Gasteiger partial charge in [0.2, 0.25) is 0 Å². The van der Waals surface area contributed by atoms with Gasteiger partial charge in [-0.15, -0.1) is 0 Å². The highest BCUT2D eigenvalue weighted by molar-refractivity contribution is 5.91. The molecule has 3 rings (SSSR count). The van der Waals surface area contributed by atoms with Gasteiger partial charge in [0.05, 0.1) is 11.5 Å². The number of epoxide rings is 1. The molecule has 0 amide bonds. The minimum atomic E-state index is -0.441. The summed E-state index contributed by atoms with van der Waals surface area (Å²) >= 11 is 0. The van der Waals surface area contributed by atoms with Crippen LogP contribution < -0.4 is 0 Å². The van der Waals surface area contributed by atoms with Crippen molar-refractivity contribution in [1.29, 1.82) is 0 Å². The van der Waals surface area contributed by atoms with Crippen molar-refractivity contribution in [2.45, 2.75) is 63.9 Å². The van der Waals surface area contributed by atoms with Gasteiger partial charge in [0, 0.05) is 18.9 Å². The molecule has 0 radical (unpaired) electrons. The highest BCUT2D eigenvalue weighted by Crippen LogP contribution is 2.50. The average molecular weight is 306 g/mol. The number of ether oxygens (including phenoxy) is 3. The first-order valence-corrected chi connectivity index (χ1v) is 7.72. The second-order valence-corrected chi connectivity index (χ2v) is 6.71. The molecular weight excluding hydrogens is 284 g/mol. The molecule has 0 aromatic rings. The predicted molar refractivity (Wildman–Crippen MR) is 79.0 cm³/mol. The lowest BCUT2D eigenvalue weighted by Gasteiger charge is -2.27. The Balaban J connectivity index is 1.96. The Bertz CT molecular complexity index is 563. The van der Waals surface area contributed by atoms with E-state index < -0.39 is 18.2 Å². The van der Waals surface area contributed by atoms with Crippen LogP contribution in [0.3, 0.4) is 0 Å². The zero-order chi connectivity index (χ0) is 16.1. The molecule has 2 saturated heterocycles. The molecule has 1 aliphatic carbocycles. The number of fused-ring (bicyclic) bond motifs is 3. The van der Waals surface area contributed by atoms with Crippen LogP contribution >= 0.6 is 0 Å². The van der Waals surface area contributed by atoms with Crippen molar-refractivity contribution in [1.82, 2.24) is 0 Å². The molecule has 5 nitrogen and oxygen atoms in total. The lowest BCUT2D eigenvalue weighted by atomic mass is 9.82. The van der Waals surface area contributed by atoms with Gasteiger partial charge >= 0.3 is 11.9 Å².